The molecule has 1 amide bonds. The minimum atomic E-state index is -4.51. The summed E-state index contributed by atoms with van der Waals surface area (Å²) in [6.07, 6.45) is -4.51. The molecule has 3 aromatic rings. The second-order valence-corrected chi connectivity index (χ2v) is 5.47. The van der Waals surface area contributed by atoms with Gasteiger partial charge in [0.2, 0.25) is 5.88 Å². The molecule has 0 atom stereocenters. The van der Waals surface area contributed by atoms with E-state index in [1.807, 2.05) is 0 Å². The summed E-state index contributed by atoms with van der Waals surface area (Å²) >= 11 is 5.90. The van der Waals surface area contributed by atoms with Crippen molar-refractivity contribution >= 4 is 34.0 Å². The maximum Gasteiger partial charge on any atom is 0.416 e. The highest BCUT2D eigenvalue weighted by Gasteiger charge is 2.30. The molecule has 0 saturated heterocycles. The lowest BCUT2D eigenvalue weighted by atomic mass is 10.1. The van der Waals surface area contributed by atoms with Gasteiger partial charge in [-0.05, 0) is 36.4 Å². The molecule has 0 spiro atoms. The molecule has 2 N–H and O–H groups in total. The van der Waals surface area contributed by atoms with E-state index in [1.165, 1.54) is 30.3 Å². The molecule has 0 aliphatic rings. The average molecular weight is 368 g/mol. The molecule has 0 aliphatic carbocycles. The Hall–Kier alpha value is -2.87. The largest absolute Gasteiger partial charge is 0.492 e. The van der Waals surface area contributed by atoms with E-state index in [-0.39, 0.29) is 22.3 Å². The maximum atomic E-state index is 12.7. The number of nitrogens with zero attached hydrogens (tertiary/aromatic N) is 2. The molecule has 25 heavy (non-hydrogen) atoms. The number of hydrogen-bond donors (Lipinski definition) is 2. The van der Waals surface area contributed by atoms with E-state index in [2.05, 4.69) is 15.5 Å². The van der Waals surface area contributed by atoms with E-state index >= 15 is 0 Å². The summed E-state index contributed by atoms with van der Waals surface area (Å²) in [5.41, 5.74) is -0.729. The van der Waals surface area contributed by atoms with Gasteiger partial charge in [-0.2, -0.15) is 13.2 Å². The van der Waals surface area contributed by atoms with E-state index in [1.54, 1.807) is 0 Å². The summed E-state index contributed by atoms with van der Waals surface area (Å²) in [4.78, 5) is 12.3. The molecule has 0 bridgehead atoms. The summed E-state index contributed by atoms with van der Waals surface area (Å²) in [6.45, 7) is 0. The maximum absolute atomic E-state index is 12.7. The van der Waals surface area contributed by atoms with Crippen LogP contribution >= 0.6 is 11.6 Å². The first-order valence-corrected chi connectivity index (χ1v) is 7.27. The normalized spacial score (nSPS) is 11.5. The molecular weight excluding hydrogens is 359 g/mol. The number of alkyl halides is 3. The van der Waals surface area contributed by atoms with Crippen molar-refractivity contribution in [2.75, 3.05) is 5.32 Å². The Kier molecular flexibility index (Phi) is 4.22. The number of rotatable bonds is 2. The van der Waals surface area contributed by atoms with Gasteiger partial charge in [0.15, 0.2) is 5.15 Å². The van der Waals surface area contributed by atoms with Gasteiger partial charge in [-0.1, -0.05) is 17.7 Å². The van der Waals surface area contributed by atoms with Crippen molar-refractivity contribution in [1.82, 2.24) is 10.2 Å². The molecule has 0 aliphatic heterocycles. The summed E-state index contributed by atoms with van der Waals surface area (Å²) in [5.74, 6) is -0.974. The topological polar surface area (TPSA) is 75.1 Å². The number of halogens is 4. The number of carbonyl (C=O) groups is 1. The standard InChI is InChI=1S/C16H9ClF3N3O2/c17-13-12-6-8(4-5-11(12)15(25)23-22-13)14(24)21-10-3-1-2-9(7-10)16(18,19)20/h1-7H,(H,21,24)(H,23,25). The quantitative estimate of drug-likeness (QED) is 0.709. The third-order valence-corrected chi connectivity index (χ3v) is 3.70. The number of amides is 1. The summed E-state index contributed by atoms with van der Waals surface area (Å²) in [7, 11) is 0. The summed E-state index contributed by atoms with van der Waals surface area (Å²) in [6, 6.07) is 8.47. The first-order chi connectivity index (χ1) is 11.8. The Balaban J connectivity index is 1.92. The minimum absolute atomic E-state index is 0.00159. The Morgan fingerprint density at radius 2 is 1.84 bits per heavy atom. The smallest absolute Gasteiger partial charge is 0.416 e. The molecular formula is C16H9ClF3N3O2. The van der Waals surface area contributed by atoms with Gasteiger partial charge in [0.25, 0.3) is 5.91 Å². The highest BCUT2D eigenvalue weighted by molar-refractivity contribution is 6.34. The van der Waals surface area contributed by atoms with Gasteiger partial charge >= 0.3 is 6.18 Å². The zero-order valence-corrected chi connectivity index (χ0v) is 13.1. The lowest BCUT2D eigenvalue weighted by Crippen LogP contribution is -2.13. The van der Waals surface area contributed by atoms with Crippen LogP contribution in [0.4, 0.5) is 18.9 Å². The van der Waals surface area contributed by atoms with E-state index < -0.39 is 17.6 Å². The molecule has 128 valence electrons. The number of fused-ring (bicyclic) bond motifs is 1. The Morgan fingerprint density at radius 3 is 2.56 bits per heavy atom. The fourth-order valence-electron chi connectivity index (χ4n) is 2.23. The van der Waals surface area contributed by atoms with Crippen LogP contribution in [0.5, 0.6) is 5.88 Å². The lowest BCUT2D eigenvalue weighted by molar-refractivity contribution is -0.137. The number of carbonyl (C=O) groups excluding carboxylic acids is 1. The van der Waals surface area contributed by atoms with Crippen molar-refractivity contribution in [2.24, 2.45) is 0 Å². The molecule has 5 nitrogen and oxygen atoms in total. The number of aromatic hydroxyl groups is 1. The van der Waals surface area contributed by atoms with Gasteiger partial charge in [-0.25, -0.2) is 0 Å². The highest BCUT2D eigenvalue weighted by Crippen LogP contribution is 2.31. The van der Waals surface area contributed by atoms with E-state index in [4.69, 9.17) is 11.6 Å². The van der Waals surface area contributed by atoms with Crippen molar-refractivity contribution < 1.29 is 23.1 Å². The second kappa shape index (κ2) is 6.21. The van der Waals surface area contributed by atoms with E-state index in [0.29, 0.717) is 10.8 Å². The number of benzene rings is 2. The van der Waals surface area contributed by atoms with Gasteiger partial charge in [0.1, 0.15) is 0 Å². The monoisotopic (exact) mass is 367 g/mol. The first kappa shape index (κ1) is 17.0. The minimum Gasteiger partial charge on any atom is -0.492 e. The second-order valence-electron chi connectivity index (χ2n) is 5.11. The van der Waals surface area contributed by atoms with Crippen LogP contribution in [0.1, 0.15) is 15.9 Å². The molecule has 2 aromatic carbocycles. The third-order valence-electron chi connectivity index (χ3n) is 3.43. The molecule has 0 saturated carbocycles. The van der Waals surface area contributed by atoms with Crippen LogP contribution < -0.4 is 5.32 Å². The van der Waals surface area contributed by atoms with Crippen LogP contribution in [0, 0.1) is 0 Å². The lowest BCUT2D eigenvalue weighted by Gasteiger charge is -2.10. The number of nitrogens with one attached hydrogen (secondary N) is 1. The fourth-order valence-corrected chi connectivity index (χ4v) is 2.42. The van der Waals surface area contributed by atoms with E-state index in [9.17, 15) is 23.1 Å². The molecule has 9 heteroatoms. The van der Waals surface area contributed by atoms with Crippen molar-refractivity contribution in [3.63, 3.8) is 0 Å². The van der Waals surface area contributed by atoms with Crippen LogP contribution in [0.2, 0.25) is 5.15 Å². The predicted molar refractivity (Wildman–Crippen MR) is 85.6 cm³/mol. The third kappa shape index (κ3) is 3.48. The van der Waals surface area contributed by atoms with Crippen LogP contribution in [0.15, 0.2) is 42.5 Å². The Labute approximate surface area is 144 Å². The van der Waals surface area contributed by atoms with Crippen molar-refractivity contribution in [2.45, 2.75) is 6.18 Å². The van der Waals surface area contributed by atoms with Gasteiger partial charge in [0.05, 0.1) is 5.56 Å². The number of hydrogen-bond acceptors (Lipinski definition) is 4. The highest BCUT2D eigenvalue weighted by atomic mass is 35.5. The van der Waals surface area contributed by atoms with Gasteiger partial charge in [0, 0.05) is 22.0 Å². The molecule has 3 rings (SSSR count). The summed E-state index contributed by atoms with van der Waals surface area (Å²) < 4.78 is 38.2. The van der Waals surface area contributed by atoms with Crippen LogP contribution in [-0.2, 0) is 6.18 Å². The molecule has 0 radical (unpaired) electrons. The zero-order chi connectivity index (χ0) is 18.2. The van der Waals surface area contributed by atoms with Gasteiger partial charge < -0.3 is 10.4 Å². The number of anilines is 1. The molecule has 0 fully saturated rings. The molecule has 1 heterocycles. The number of aromatic nitrogens is 2. The SMILES string of the molecule is O=C(Nc1cccc(C(F)(F)F)c1)c1ccc2c(O)nnc(Cl)c2c1. The zero-order valence-electron chi connectivity index (χ0n) is 12.3. The fraction of sp³-hybridized carbons (Fsp3) is 0.0625. The van der Waals surface area contributed by atoms with Crippen LogP contribution in [0.25, 0.3) is 10.8 Å². The average Bonchev–Trinajstić information content (AvgIpc) is 2.57. The van der Waals surface area contributed by atoms with Crippen molar-refractivity contribution in [3.8, 4) is 5.88 Å². The van der Waals surface area contributed by atoms with Crippen LogP contribution in [0.3, 0.4) is 0 Å². The Bertz CT molecular complexity index is 976. The first-order valence-electron chi connectivity index (χ1n) is 6.89. The Morgan fingerprint density at radius 1 is 1.08 bits per heavy atom. The van der Waals surface area contributed by atoms with Gasteiger partial charge in [-0.15, -0.1) is 10.2 Å². The summed E-state index contributed by atoms with van der Waals surface area (Å²) in [5, 5.41) is 19.6. The molecule has 1 aromatic heterocycles. The predicted octanol–water partition coefficient (Wildman–Crippen LogP) is 4.26. The molecule has 0 unspecified atom stereocenters. The van der Waals surface area contributed by atoms with Crippen molar-refractivity contribution in [1.29, 1.82) is 0 Å². The van der Waals surface area contributed by atoms with Crippen LogP contribution in [-0.4, -0.2) is 21.2 Å². The van der Waals surface area contributed by atoms with Gasteiger partial charge in [-0.3, -0.25) is 4.79 Å². The van der Waals surface area contributed by atoms with Crippen molar-refractivity contribution in [3.05, 3.63) is 58.7 Å². The van der Waals surface area contributed by atoms with E-state index in [0.717, 1.165) is 12.1 Å².